The molecule has 2 nitrogen and oxygen atoms in total. The Morgan fingerprint density at radius 3 is 2.25 bits per heavy atom. The van der Waals surface area contributed by atoms with Crippen molar-refractivity contribution in [1.82, 2.24) is 0 Å². The first-order valence-corrected chi connectivity index (χ1v) is 7.37. The van der Waals surface area contributed by atoms with Gasteiger partial charge in [-0.05, 0) is 43.9 Å². The minimum Gasteiger partial charge on any atom is -0.370 e. The second kappa shape index (κ2) is 6.04. The number of hydrogen-bond donors (Lipinski definition) is 0. The van der Waals surface area contributed by atoms with Crippen molar-refractivity contribution >= 4 is 5.78 Å². The van der Waals surface area contributed by atoms with Gasteiger partial charge in [0.15, 0.2) is 5.78 Å². The molecule has 0 amide bonds. The van der Waals surface area contributed by atoms with Gasteiger partial charge >= 0.3 is 0 Å². The number of methoxy groups -OCH3 is 1. The summed E-state index contributed by atoms with van der Waals surface area (Å²) in [6, 6.07) is 3.29. The van der Waals surface area contributed by atoms with Crippen molar-refractivity contribution in [3.63, 3.8) is 0 Å². The Labute approximate surface area is 120 Å². The number of benzene rings is 1. The molecule has 0 atom stereocenters. The highest BCUT2D eigenvalue weighted by Crippen LogP contribution is 2.34. The lowest BCUT2D eigenvalue weighted by Crippen LogP contribution is -2.41. The second-order valence-electron chi connectivity index (χ2n) is 5.88. The number of halogens is 1. The Bertz CT molecular complexity index is 477. The lowest BCUT2D eigenvalue weighted by Gasteiger charge is -2.30. The Morgan fingerprint density at radius 2 is 1.75 bits per heavy atom. The van der Waals surface area contributed by atoms with Crippen LogP contribution < -0.4 is 0 Å². The third-order valence-electron chi connectivity index (χ3n) is 4.37. The molecule has 110 valence electrons. The Balaban J connectivity index is 2.43. The van der Waals surface area contributed by atoms with E-state index in [-0.39, 0.29) is 11.3 Å². The van der Waals surface area contributed by atoms with Gasteiger partial charge in [0.05, 0.1) is 5.56 Å². The maximum absolute atomic E-state index is 14.2. The van der Waals surface area contributed by atoms with E-state index in [0.29, 0.717) is 18.4 Å². The summed E-state index contributed by atoms with van der Waals surface area (Å²) in [6.45, 7) is 3.63. The molecule has 2 rings (SSSR count). The van der Waals surface area contributed by atoms with Crippen LogP contribution >= 0.6 is 0 Å². The minimum absolute atomic E-state index is 0.183. The zero-order chi connectivity index (χ0) is 14.8. The van der Waals surface area contributed by atoms with E-state index in [4.69, 9.17) is 4.74 Å². The average molecular weight is 278 g/mol. The molecule has 0 N–H and O–H groups in total. The van der Waals surface area contributed by atoms with Crippen LogP contribution in [0.2, 0.25) is 0 Å². The van der Waals surface area contributed by atoms with Crippen LogP contribution in [0.4, 0.5) is 4.39 Å². The molecule has 0 spiro atoms. The summed E-state index contributed by atoms with van der Waals surface area (Å²) in [5.41, 5.74) is 0.911. The van der Waals surface area contributed by atoms with Crippen molar-refractivity contribution in [2.24, 2.45) is 0 Å². The third kappa shape index (κ3) is 2.78. The Morgan fingerprint density at radius 1 is 1.15 bits per heavy atom. The van der Waals surface area contributed by atoms with Crippen molar-refractivity contribution in [3.05, 3.63) is 34.6 Å². The molecule has 0 bridgehead atoms. The van der Waals surface area contributed by atoms with E-state index in [1.807, 2.05) is 13.0 Å². The maximum atomic E-state index is 14.2. The molecule has 0 saturated heterocycles. The predicted molar refractivity (Wildman–Crippen MR) is 77.6 cm³/mol. The van der Waals surface area contributed by atoms with Crippen LogP contribution in [-0.4, -0.2) is 18.5 Å². The van der Waals surface area contributed by atoms with Crippen molar-refractivity contribution < 1.29 is 13.9 Å². The lowest BCUT2D eigenvalue weighted by atomic mass is 9.84. The van der Waals surface area contributed by atoms with Gasteiger partial charge in [-0.15, -0.1) is 0 Å². The molecule has 1 saturated carbocycles. The molecule has 0 radical (unpaired) electrons. The number of Topliss-reactive ketones (excluding diaryl/α,β-unsaturated/α-hetero) is 1. The second-order valence-corrected chi connectivity index (χ2v) is 5.88. The van der Waals surface area contributed by atoms with Gasteiger partial charge in [-0.25, -0.2) is 4.39 Å². The van der Waals surface area contributed by atoms with Gasteiger partial charge in [-0.1, -0.05) is 31.7 Å². The first-order valence-electron chi connectivity index (χ1n) is 7.37. The first-order chi connectivity index (χ1) is 9.50. The highest BCUT2D eigenvalue weighted by molar-refractivity contribution is 6.04. The number of ketones is 1. The molecule has 0 heterocycles. The van der Waals surface area contributed by atoms with Gasteiger partial charge in [0.25, 0.3) is 0 Å². The van der Waals surface area contributed by atoms with Gasteiger partial charge in [-0.3, -0.25) is 4.79 Å². The lowest BCUT2D eigenvalue weighted by molar-refractivity contribution is -0.00728. The van der Waals surface area contributed by atoms with Crippen LogP contribution in [0.3, 0.4) is 0 Å². The van der Waals surface area contributed by atoms with E-state index in [9.17, 15) is 9.18 Å². The van der Waals surface area contributed by atoms with Crippen LogP contribution in [-0.2, 0) is 4.74 Å². The SMILES string of the molecule is COC1(C(=O)c2c(C)cc(C)cc2F)CCCCCC1. The quantitative estimate of drug-likeness (QED) is 0.606. The molecule has 1 aromatic carbocycles. The molecule has 1 aliphatic rings. The van der Waals surface area contributed by atoms with Crippen molar-refractivity contribution in [3.8, 4) is 0 Å². The van der Waals surface area contributed by atoms with Crippen LogP contribution in [0.15, 0.2) is 12.1 Å². The van der Waals surface area contributed by atoms with Crippen molar-refractivity contribution in [2.45, 2.75) is 58.0 Å². The average Bonchev–Trinajstić information content (AvgIpc) is 2.63. The normalized spacial score (nSPS) is 18.6. The number of carbonyl (C=O) groups is 1. The van der Waals surface area contributed by atoms with Crippen LogP contribution in [0.5, 0.6) is 0 Å². The third-order valence-corrected chi connectivity index (χ3v) is 4.37. The first kappa shape index (κ1) is 15.2. The van der Waals surface area contributed by atoms with Crippen LogP contribution in [0.25, 0.3) is 0 Å². The largest absolute Gasteiger partial charge is 0.370 e. The van der Waals surface area contributed by atoms with E-state index < -0.39 is 11.4 Å². The fourth-order valence-corrected chi connectivity index (χ4v) is 3.25. The zero-order valence-corrected chi connectivity index (χ0v) is 12.6. The standard InChI is InChI=1S/C17H23FO2/c1-12-10-13(2)15(14(18)11-12)16(19)17(20-3)8-6-4-5-7-9-17/h10-11H,4-9H2,1-3H3. The van der Waals surface area contributed by atoms with Crippen molar-refractivity contribution in [2.75, 3.05) is 7.11 Å². The molecule has 0 aliphatic heterocycles. The van der Waals surface area contributed by atoms with Crippen molar-refractivity contribution in [1.29, 1.82) is 0 Å². The summed E-state index contributed by atoms with van der Waals surface area (Å²) in [6.07, 6.45) is 5.55. The van der Waals surface area contributed by atoms with E-state index in [0.717, 1.165) is 31.2 Å². The van der Waals surface area contributed by atoms with Gasteiger partial charge in [0, 0.05) is 7.11 Å². The molecule has 3 heteroatoms. The topological polar surface area (TPSA) is 26.3 Å². The van der Waals surface area contributed by atoms with Gasteiger partial charge in [-0.2, -0.15) is 0 Å². The summed E-state index contributed by atoms with van der Waals surface area (Å²) >= 11 is 0. The molecule has 1 aromatic rings. The van der Waals surface area contributed by atoms with E-state index in [1.54, 1.807) is 14.0 Å². The number of carbonyl (C=O) groups excluding carboxylic acids is 1. The number of ether oxygens (including phenoxy) is 1. The molecule has 1 aliphatic carbocycles. The summed E-state index contributed by atoms with van der Waals surface area (Å²) in [5.74, 6) is -0.606. The van der Waals surface area contributed by atoms with Gasteiger partial charge < -0.3 is 4.74 Å². The number of hydrogen-bond acceptors (Lipinski definition) is 2. The van der Waals surface area contributed by atoms with Gasteiger partial charge in [0.1, 0.15) is 11.4 Å². The fraction of sp³-hybridized carbons (Fsp3) is 0.588. The summed E-state index contributed by atoms with van der Waals surface area (Å²) in [7, 11) is 1.57. The van der Waals surface area contributed by atoms with E-state index in [1.165, 1.54) is 6.07 Å². The fourth-order valence-electron chi connectivity index (χ4n) is 3.25. The Kier molecular flexibility index (Phi) is 4.59. The highest BCUT2D eigenvalue weighted by Gasteiger charge is 2.40. The van der Waals surface area contributed by atoms with E-state index >= 15 is 0 Å². The molecule has 0 unspecified atom stereocenters. The monoisotopic (exact) mass is 278 g/mol. The molecule has 0 aromatic heterocycles. The van der Waals surface area contributed by atoms with Crippen LogP contribution in [0, 0.1) is 19.7 Å². The van der Waals surface area contributed by atoms with E-state index in [2.05, 4.69) is 0 Å². The maximum Gasteiger partial charge on any atom is 0.197 e. The van der Waals surface area contributed by atoms with Gasteiger partial charge in [0.2, 0.25) is 0 Å². The smallest absolute Gasteiger partial charge is 0.197 e. The molecule has 1 fully saturated rings. The predicted octanol–water partition coefficient (Wildman–Crippen LogP) is 4.36. The summed E-state index contributed by atoms with van der Waals surface area (Å²) in [5, 5.41) is 0. The number of aryl methyl sites for hydroxylation is 2. The molecule has 20 heavy (non-hydrogen) atoms. The van der Waals surface area contributed by atoms with Crippen LogP contribution in [0.1, 0.15) is 60.0 Å². The summed E-state index contributed by atoms with van der Waals surface area (Å²) < 4.78 is 19.8. The number of rotatable bonds is 3. The highest BCUT2D eigenvalue weighted by atomic mass is 19.1. The Hall–Kier alpha value is -1.22. The molecular formula is C17H23FO2. The summed E-state index contributed by atoms with van der Waals surface area (Å²) in [4.78, 5) is 12.9. The minimum atomic E-state index is -0.836. The molecular weight excluding hydrogens is 255 g/mol. The zero-order valence-electron chi connectivity index (χ0n) is 12.6.